The van der Waals surface area contributed by atoms with E-state index in [4.69, 9.17) is 23.2 Å². The van der Waals surface area contributed by atoms with Crippen molar-refractivity contribution in [3.8, 4) is 5.69 Å². The topological polar surface area (TPSA) is 85.6 Å². The highest BCUT2D eigenvalue weighted by Gasteiger charge is 2.21. The zero-order chi connectivity index (χ0) is 23.4. The SMILES string of the molecule is Cc1cc(C)nc(SCc2c(C(=O)NCc3ccc(Cl)cc3)nnn2-c2ccc(Cl)cc2)n1. The molecule has 7 nitrogen and oxygen atoms in total. The van der Waals surface area contributed by atoms with Crippen molar-refractivity contribution in [2.24, 2.45) is 0 Å². The average Bonchev–Trinajstić information content (AvgIpc) is 3.21. The number of aryl methyl sites for hydroxylation is 2. The predicted octanol–water partition coefficient (Wildman–Crippen LogP) is 5.20. The Balaban J connectivity index is 1.60. The normalized spacial score (nSPS) is 10.9. The first-order chi connectivity index (χ1) is 15.9. The maximum absolute atomic E-state index is 13.0. The number of thioether (sulfide) groups is 1. The summed E-state index contributed by atoms with van der Waals surface area (Å²) < 4.78 is 1.64. The number of benzene rings is 2. The molecular formula is C23H20Cl2N6OS. The number of carbonyl (C=O) groups excluding carboxylic acids is 1. The van der Waals surface area contributed by atoms with Crippen molar-refractivity contribution in [3.63, 3.8) is 0 Å². The fraction of sp³-hybridized carbons (Fsp3) is 0.174. The van der Waals surface area contributed by atoms with Crippen LogP contribution in [0, 0.1) is 13.8 Å². The minimum absolute atomic E-state index is 0.246. The molecule has 0 radical (unpaired) electrons. The quantitative estimate of drug-likeness (QED) is 0.278. The number of aromatic nitrogens is 5. The lowest BCUT2D eigenvalue weighted by Crippen LogP contribution is -2.24. The van der Waals surface area contributed by atoms with E-state index in [0.29, 0.717) is 33.2 Å². The Kier molecular flexibility index (Phi) is 7.27. The van der Waals surface area contributed by atoms with E-state index >= 15 is 0 Å². The van der Waals surface area contributed by atoms with Gasteiger partial charge in [0.2, 0.25) is 0 Å². The van der Waals surface area contributed by atoms with Gasteiger partial charge in [0.1, 0.15) is 0 Å². The lowest BCUT2D eigenvalue weighted by atomic mass is 10.2. The van der Waals surface area contributed by atoms with Gasteiger partial charge in [-0.1, -0.05) is 52.3 Å². The summed E-state index contributed by atoms with van der Waals surface area (Å²) in [6.45, 7) is 4.19. The molecule has 0 saturated heterocycles. The molecule has 2 aromatic heterocycles. The van der Waals surface area contributed by atoms with Gasteiger partial charge in [0.25, 0.3) is 5.91 Å². The molecular weight excluding hydrogens is 479 g/mol. The molecule has 1 N–H and O–H groups in total. The van der Waals surface area contributed by atoms with Crippen molar-refractivity contribution < 1.29 is 4.79 Å². The minimum Gasteiger partial charge on any atom is -0.347 e. The van der Waals surface area contributed by atoms with Crippen LogP contribution in [0.4, 0.5) is 0 Å². The molecule has 0 saturated carbocycles. The van der Waals surface area contributed by atoms with Gasteiger partial charge in [-0.05, 0) is 61.9 Å². The predicted molar refractivity (Wildman–Crippen MR) is 130 cm³/mol. The Labute approximate surface area is 205 Å². The number of hydrogen-bond donors (Lipinski definition) is 1. The Bertz CT molecular complexity index is 1260. The standard InChI is InChI=1S/C23H20Cl2N6OS/c1-14-11-15(2)28-23(27-14)33-13-20-21(22(32)26-12-16-3-5-17(24)6-4-16)29-30-31(20)19-9-7-18(25)8-10-19/h3-11H,12-13H2,1-2H3,(H,26,32). The molecule has 4 aromatic rings. The van der Waals surface area contributed by atoms with Crippen LogP contribution in [-0.4, -0.2) is 30.9 Å². The first kappa shape index (κ1) is 23.2. The fourth-order valence-electron chi connectivity index (χ4n) is 3.16. The first-order valence-corrected chi connectivity index (χ1v) is 11.8. The summed E-state index contributed by atoms with van der Waals surface area (Å²) in [5, 5.41) is 13.2. The highest BCUT2D eigenvalue weighted by molar-refractivity contribution is 7.98. The second-order valence-electron chi connectivity index (χ2n) is 7.30. The van der Waals surface area contributed by atoms with Gasteiger partial charge in [-0.3, -0.25) is 4.79 Å². The van der Waals surface area contributed by atoms with Crippen LogP contribution in [0.15, 0.2) is 59.8 Å². The Hall–Kier alpha value is -2.94. The maximum atomic E-state index is 13.0. The van der Waals surface area contributed by atoms with E-state index < -0.39 is 0 Å². The van der Waals surface area contributed by atoms with Crippen LogP contribution in [0.1, 0.15) is 33.1 Å². The molecule has 0 unspecified atom stereocenters. The molecule has 168 valence electrons. The third-order valence-electron chi connectivity index (χ3n) is 4.72. The lowest BCUT2D eigenvalue weighted by molar-refractivity contribution is 0.0945. The number of carbonyl (C=O) groups is 1. The van der Waals surface area contributed by atoms with Crippen molar-refractivity contribution in [3.05, 3.63) is 93.0 Å². The molecule has 10 heteroatoms. The Morgan fingerprint density at radius 1 is 0.970 bits per heavy atom. The van der Waals surface area contributed by atoms with Gasteiger partial charge in [-0.2, -0.15) is 0 Å². The van der Waals surface area contributed by atoms with Gasteiger partial charge in [0, 0.05) is 33.7 Å². The van der Waals surface area contributed by atoms with Crippen molar-refractivity contribution in [1.82, 2.24) is 30.3 Å². The third kappa shape index (κ3) is 5.90. The van der Waals surface area contributed by atoms with Gasteiger partial charge in [0.05, 0.1) is 11.4 Å². The Morgan fingerprint density at radius 2 is 1.58 bits per heavy atom. The number of rotatable bonds is 7. The van der Waals surface area contributed by atoms with Crippen LogP contribution in [0.5, 0.6) is 0 Å². The second-order valence-corrected chi connectivity index (χ2v) is 9.12. The summed E-state index contributed by atoms with van der Waals surface area (Å²) >= 11 is 13.4. The van der Waals surface area contributed by atoms with Gasteiger partial charge in [-0.25, -0.2) is 14.6 Å². The minimum atomic E-state index is -0.317. The van der Waals surface area contributed by atoms with Crippen LogP contribution in [0.2, 0.25) is 10.0 Å². The smallest absolute Gasteiger partial charge is 0.274 e. The molecule has 2 aromatic carbocycles. The molecule has 0 fully saturated rings. The lowest BCUT2D eigenvalue weighted by Gasteiger charge is -2.09. The maximum Gasteiger partial charge on any atom is 0.274 e. The molecule has 4 rings (SSSR count). The van der Waals surface area contributed by atoms with Crippen LogP contribution in [0.25, 0.3) is 5.69 Å². The van der Waals surface area contributed by atoms with E-state index in [1.165, 1.54) is 11.8 Å². The van der Waals surface area contributed by atoms with Gasteiger partial charge >= 0.3 is 0 Å². The van der Waals surface area contributed by atoms with Gasteiger partial charge < -0.3 is 5.32 Å². The molecule has 0 spiro atoms. The van der Waals surface area contributed by atoms with Crippen molar-refractivity contribution in [1.29, 1.82) is 0 Å². The summed E-state index contributed by atoms with van der Waals surface area (Å²) in [5.41, 5.74) is 4.33. The van der Waals surface area contributed by atoms with E-state index in [1.807, 2.05) is 44.2 Å². The zero-order valence-electron chi connectivity index (χ0n) is 17.9. The molecule has 0 atom stereocenters. The monoisotopic (exact) mass is 498 g/mol. The van der Waals surface area contributed by atoms with E-state index in [1.54, 1.807) is 28.9 Å². The fourth-order valence-corrected chi connectivity index (χ4v) is 4.35. The number of nitrogens with zero attached hydrogens (tertiary/aromatic N) is 5. The van der Waals surface area contributed by atoms with Crippen LogP contribution >= 0.6 is 35.0 Å². The molecule has 0 aliphatic rings. The number of nitrogens with one attached hydrogen (secondary N) is 1. The van der Waals surface area contributed by atoms with Crippen LogP contribution in [0.3, 0.4) is 0 Å². The zero-order valence-corrected chi connectivity index (χ0v) is 20.2. The number of halogens is 2. The second kappa shape index (κ2) is 10.3. The van der Waals surface area contributed by atoms with Crippen molar-refractivity contribution in [2.75, 3.05) is 0 Å². The molecule has 1 amide bonds. The summed E-state index contributed by atoms with van der Waals surface area (Å²) in [4.78, 5) is 22.0. The van der Waals surface area contributed by atoms with Crippen molar-refractivity contribution in [2.45, 2.75) is 31.3 Å². The highest BCUT2D eigenvalue weighted by Crippen LogP contribution is 2.24. The summed E-state index contributed by atoms with van der Waals surface area (Å²) in [6, 6.07) is 16.4. The third-order valence-corrected chi connectivity index (χ3v) is 6.08. The molecule has 2 heterocycles. The van der Waals surface area contributed by atoms with Crippen LogP contribution < -0.4 is 5.32 Å². The van der Waals surface area contributed by atoms with Crippen LogP contribution in [-0.2, 0) is 12.3 Å². The molecule has 33 heavy (non-hydrogen) atoms. The van der Waals surface area contributed by atoms with E-state index in [9.17, 15) is 4.79 Å². The number of amides is 1. The summed E-state index contributed by atoms with van der Waals surface area (Å²) in [6.07, 6.45) is 0. The van der Waals surface area contributed by atoms with E-state index in [-0.39, 0.29) is 11.6 Å². The largest absolute Gasteiger partial charge is 0.347 e. The Morgan fingerprint density at radius 3 is 2.21 bits per heavy atom. The van der Waals surface area contributed by atoms with E-state index in [0.717, 1.165) is 22.6 Å². The first-order valence-electron chi connectivity index (χ1n) is 10.1. The molecule has 0 aliphatic heterocycles. The summed E-state index contributed by atoms with van der Waals surface area (Å²) in [7, 11) is 0. The molecule has 0 bridgehead atoms. The number of hydrogen-bond acceptors (Lipinski definition) is 6. The van der Waals surface area contributed by atoms with Gasteiger partial charge in [0.15, 0.2) is 10.9 Å². The van der Waals surface area contributed by atoms with Crippen molar-refractivity contribution >= 4 is 40.9 Å². The summed E-state index contributed by atoms with van der Waals surface area (Å²) in [5.74, 6) is 0.0875. The van der Waals surface area contributed by atoms with E-state index in [2.05, 4.69) is 25.6 Å². The highest BCUT2D eigenvalue weighted by atomic mass is 35.5. The van der Waals surface area contributed by atoms with Gasteiger partial charge in [-0.15, -0.1) is 5.10 Å². The average molecular weight is 499 g/mol. The molecule has 0 aliphatic carbocycles.